The summed E-state index contributed by atoms with van der Waals surface area (Å²) in [5.41, 5.74) is 0.445. The first-order valence-electron chi connectivity index (χ1n) is 11.7. The summed E-state index contributed by atoms with van der Waals surface area (Å²) in [6, 6.07) is 7.07. The van der Waals surface area contributed by atoms with Crippen LogP contribution in [0.2, 0.25) is 0 Å². The molecule has 0 amide bonds. The number of fused-ring (bicyclic) bond motifs is 1. The van der Waals surface area contributed by atoms with E-state index in [1.54, 1.807) is 26.0 Å². The minimum absolute atomic E-state index is 0.149. The number of rotatable bonds is 6. The highest BCUT2D eigenvalue weighted by atomic mass is 32.2. The van der Waals surface area contributed by atoms with E-state index in [0.29, 0.717) is 43.6 Å². The molecular formula is C25H28F4N2O4S. The average Bonchev–Trinajstić information content (AvgIpc) is 3.21. The van der Waals surface area contributed by atoms with Crippen molar-refractivity contribution in [2.75, 3.05) is 19.6 Å². The molecule has 1 N–H and O–H groups in total. The van der Waals surface area contributed by atoms with Gasteiger partial charge in [0, 0.05) is 31.7 Å². The number of benzene rings is 2. The Morgan fingerprint density at radius 1 is 1.08 bits per heavy atom. The van der Waals surface area contributed by atoms with Crippen molar-refractivity contribution in [3.05, 3.63) is 64.5 Å². The van der Waals surface area contributed by atoms with Crippen LogP contribution >= 0.6 is 0 Å². The molecule has 196 valence electrons. The first-order valence-corrected chi connectivity index (χ1v) is 13.2. The molecule has 0 saturated carbocycles. The van der Waals surface area contributed by atoms with E-state index in [1.807, 2.05) is 4.90 Å². The summed E-state index contributed by atoms with van der Waals surface area (Å²) < 4.78 is 81.2. The third-order valence-electron chi connectivity index (χ3n) is 7.02. The Bertz CT molecular complexity index is 1250. The van der Waals surface area contributed by atoms with Crippen molar-refractivity contribution < 1.29 is 35.9 Å². The molecule has 36 heavy (non-hydrogen) atoms. The van der Waals surface area contributed by atoms with Crippen molar-refractivity contribution in [3.8, 4) is 0 Å². The summed E-state index contributed by atoms with van der Waals surface area (Å²) in [6.45, 7) is 4.83. The predicted molar refractivity (Wildman–Crippen MR) is 124 cm³/mol. The predicted octanol–water partition coefficient (Wildman–Crippen LogP) is 3.97. The number of sulfonamides is 1. The lowest BCUT2D eigenvalue weighted by Crippen LogP contribution is -2.58. The minimum atomic E-state index is -4.75. The van der Waals surface area contributed by atoms with Crippen molar-refractivity contribution in [3.63, 3.8) is 0 Å². The number of nitrogens with zero attached hydrogens (tertiary/aromatic N) is 2. The van der Waals surface area contributed by atoms with Crippen LogP contribution in [-0.4, -0.2) is 60.4 Å². The van der Waals surface area contributed by atoms with Crippen LogP contribution < -0.4 is 0 Å². The second-order valence-electron chi connectivity index (χ2n) is 9.69. The van der Waals surface area contributed by atoms with Gasteiger partial charge in [-0.2, -0.15) is 17.5 Å². The third kappa shape index (κ3) is 5.14. The normalized spacial score (nSPS) is 23.6. The number of hydrogen-bond acceptors (Lipinski definition) is 4. The Labute approximate surface area is 207 Å². The Morgan fingerprint density at radius 3 is 2.33 bits per heavy atom. The Balaban J connectivity index is 1.46. The molecule has 2 aromatic carbocycles. The van der Waals surface area contributed by atoms with Gasteiger partial charge in [-0.3, -0.25) is 9.69 Å². The molecule has 1 aliphatic carbocycles. The Hall–Kier alpha value is -2.50. The fourth-order valence-corrected chi connectivity index (χ4v) is 7.54. The van der Waals surface area contributed by atoms with Gasteiger partial charge >= 0.3 is 12.1 Å². The average molecular weight is 529 g/mol. The van der Waals surface area contributed by atoms with Gasteiger partial charge in [0.15, 0.2) is 0 Å². The highest BCUT2D eigenvalue weighted by Gasteiger charge is 2.41. The van der Waals surface area contributed by atoms with Crippen LogP contribution in [0.4, 0.5) is 17.6 Å². The monoisotopic (exact) mass is 528 g/mol. The van der Waals surface area contributed by atoms with E-state index in [2.05, 4.69) is 0 Å². The quantitative estimate of drug-likeness (QED) is 0.575. The van der Waals surface area contributed by atoms with Crippen molar-refractivity contribution in [2.24, 2.45) is 5.92 Å². The number of aliphatic carboxylic acids is 1. The lowest BCUT2D eigenvalue weighted by Gasteiger charge is -2.43. The fraction of sp³-hybridized carbons (Fsp3) is 0.480. The maximum Gasteiger partial charge on any atom is 0.419 e. The summed E-state index contributed by atoms with van der Waals surface area (Å²) in [4.78, 5) is 13.6. The molecule has 0 radical (unpaired) electrons. The van der Waals surface area contributed by atoms with Crippen molar-refractivity contribution in [2.45, 2.75) is 56.3 Å². The SMILES string of the molecule is C[C@@H]1CN(CCc2ccc(C(F)(F)F)c(F)c2)C[C@H](C)N1S(=O)(=O)c1cccc2c1CC(C(=O)O)C2. The second kappa shape index (κ2) is 9.75. The number of carbonyl (C=O) groups is 1. The maximum atomic E-state index is 13.9. The molecule has 6 nitrogen and oxygen atoms in total. The molecule has 4 rings (SSSR count). The Kier molecular flexibility index (Phi) is 7.20. The van der Waals surface area contributed by atoms with Gasteiger partial charge in [0.05, 0.1) is 16.4 Å². The second-order valence-corrected chi connectivity index (χ2v) is 11.5. The lowest BCUT2D eigenvalue weighted by molar-refractivity contribution is -0.141. The highest BCUT2D eigenvalue weighted by molar-refractivity contribution is 7.89. The van der Waals surface area contributed by atoms with Gasteiger partial charge in [0.25, 0.3) is 0 Å². The highest BCUT2D eigenvalue weighted by Crippen LogP contribution is 2.35. The van der Waals surface area contributed by atoms with Crippen LogP contribution in [0.1, 0.15) is 36.1 Å². The number of carboxylic acids is 1. The van der Waals surface area contributed by atoms with Gasteiger partial charge in [0.2, 0.25) is 10.0 Å². The minimum Gasteiger partial charge on any atom is -0.481 e. The molecule has 1 unspecified atom stereocenters. The summed E-state index contributed by atoms with van der Waals surface area (Å²) in [5.74, 6) is -2.89. The third-order valence-corrected chi connectivity index (χ3v) is 9.23. The molecule has 11 heteroatoms. The summed E-state index contributed by atoms with van der Waals surface area (Å²) >= 11 is 0. The molecular weight excluding hydrogens is 500 g/mol. The maximum absolute atomic E-state index is 13.9. The standard InChI is InChI=1S/C25H28F4N2O4S/c1-15-13-30(9-8-17-6-7-21(22(26)10-17)25(27,28)29)14-16(2)31(15)36(34,35)23-5-3-4-18-11-19(24(32)33)12-20(18)23/h3-7,10,15-16,19H,8-9,11-14H2,1-2H3,(H,32,33)/t15-,16+,19?. The topological polar surface area (TPSA) is 77.9 Å². The van der Waals surface area contributed by atoms with E-state index in [1.165, 1.54) is 16.4 Å². The van der Waals surface area contributed by atoms with E-state index < -0.39 is 51.6 Å². The van der Waals surface area contributed by atoms with Crippen LogP contribution in [0.3, 0.4) is 0 Å². The number of halogens is 4. The van der Waals surface area contributed by atoms with E-state index in [9.17, 15) is 35.9 Å². The first kappa shape index (κ1) is 26.6. The summed E-state index contributed by atoms with van der Waals surface area (Å²) in [5, 5.41) is 9.40. The Morgan fingerprint density at radius 2 is 1.75 bits per heavy atom. The van der Waals surface area contributed by atoms with Gasteiger partial charge in [-0.15, -0.1) is 0 Å². The number of hydrogen-bond donors (Lipinski definition) is 1. The van der Waals surface area contributed by atoms with E-state index in [-0.39, 0.29) is 11.3 Å². The molecule has 3 atom stereocenters. The van der Waals surface area contributed by atoms with Crippen molar-refractivity contribution >= 4 is 16.0 Å². The van der Waals surface area contributed by atoms with Gasteiger partial charge in [0.1, 0.15) is 5.82 Å². The number of carboxylic acid groups (broad SMARTS) is 1. The van der Waals surface area contributed by atoms with Crippen molar-refractivity contribution in [1.82, 2.24) is 9.21 Å². The van der Waals surface area contributed by atoms with Crippen LogP contribution in [0.5, 0.6) is 0 Å². The van der Waals surface area contributed by atoms with E-state index in [0.717, 1.165) is 17.7 Å². The zero-order valence-corrected chi connectivity index (χ0v) is 20.7. The lowest BCUT2D eigenvalue weighted by atomic mass is 10.1. The van der Waals surface area contributed by atoms with Gasteiger partial charge in [-0.05, 0) is 68.0 Å². The molecule has 2 aromatic rings. The molecule has 0 aromatic heterocycles. The van der Waals surface area contributed by atoms with Crippen LogP contribution in [0.25, 0.3) is 0 Å². The summed E-state index contributed by atoms with van der Waals surface area (Å²) in [6.07, 6.45) is -3.95. The molecule has 1 fully saturated rings. The summed E-state index contributed by atoms with van der Waals surface area (Å²) in [7, 11) is -3.89. The molecule has 1 heterocycles. The molecule has 2 aliphatic rings. The first-order chi connectivity index (χ1) is 16.8. The van der Waals surface area contributed by atoms with Gasteiger partial charge < -0.3 is 5.11 Å². The van der Waals surface area contributed by atoms with Crippen LogP contribution in [-0.2, 0) is 40.3 Å². The van der Waals surface area contributed by atoms with E-state index in [4.69, 9.17) is 0 Å². The van der Waals surface area contributed by atoms with Gasteiger partial charge in [-0.1, -0.05) is 18.2 Å². The number of piperazine rings is 1. The fourth-order valence-electron chi connectivity index (χ4n) is 5.45. The molecule has 1 saturated heterocycles. The smallest absolute Gasteiger partial charge is 0.419 e. The zero-order chi connectivity index (χ0) is 26.4. The van der Waals surface area contributed by atoms with Crippen LogP contribution in [0, 0.1) is 11.7 Å². The van der Waals surface area contributed by atoms with Crippen molar-refractivity contribution in [1.29, 1.82) is 0 Å². The number of alkyl halides is 3. The zero-order valence-electron chi connectivity index (χ0n) is 19.9. The largest absolute Gasteiger partial charge is 0.481 e. The van der Waals surface area contributed by atoms with E-state index >= 15 is 0 Å². The molecule has 0 spiro atoms. The molecule has 0 bridgehead atoms. The van der Waals surface area contributed by atoms with Gasteiger partial charge in [-0.25, -0.2) is 12.8 Å². The van der Waals surface area contributed by atoms with Crippen LogP contribution in [0.15, 0.2) is 41.3 Å². The molecule has 1 aliphatic heterocycles.